The predicted octanol–water partition coefficient (Wildman–Crippen LogP) is 3.42. The van der Waals surface area contributed by atoms with E-state index in [1.54, 1.807) is 6.07 Å². The molecule has 0 fully saturated rings. The minimum absolute atomic E-state index is 0.225. The molecule has 0 saturated carbocycles. The largest absolute Gasteiger partial charge is 0.502 e. The maximum atomic E-state index is 10.5. The molecule has 1 rings (SSSR count). The van der Waals surface area contributed by atoms with Gasteiger partial charge in [-0.1, -0.05) is 32.3 Å². The quantitative estimate of drug-likeness (QED) is 0.456. The predicted molar refractivity (Wildman–Crippen MR) is 62.6 cm³/mol. The first-order chi connectivity index (χ1) is 7.65. The summed E-state index contributed by atoms with van der Waals surface area (Å²) in [4.78, 5) is 9.90. The molecule has 0 atom stereocenters. The van der Waals surface area contributed by atoms with E-state index in [0.717, 1.165) is 24.8 Å². The number of phenols is 1. The molecule has 0 unspecified atom stereocenters. The van der Waals surface area contributed by atoms with Crippen molar-refractivity contribution in [3.05, 3.63) is 33.9 Å². The Morgan fingerprint density at radius 1 is 1.31 bits per heavy atom. The fraction of sp³-hybridized carbons (Fsp3) is 0.500. The lowest BCUT2D eigenvalue weighted by atomic mass is 10.1. The van der Waals surface area contributed by atoms with Gasteiger partial charge < -0.3 is 5.11 Å². The van der Waals surface area contributed by atoms with Gasteiger partial charge in [0, 0.05) is 6.07 Å². The van der Waals surface area contributed by atoms with Crippen molar-refractivity contribution in [3.8, 4) is 5.75 Å². The topological polar surface area (TPSA) is 63.4 Å². The standard InChI is InChI=1S/C12H17NO3/c1-2-3-4-5-6-10-7-8-11(13(15)16)12(14)9-10/h7-9,14H,2-6H2,1H3. The highest BCUT2D eigenvalue weighted by atomic mass is 16.6. The Bertz CT molecular complexity index is 363. The highest BCUT2D eigenvalue weighted by Gasteiger charge is 2.12. The summed E-state index contributed by atoms with van der Waals surface area (Å²) in [5.41, 5.74) is 0.733. The summed E-state index contributed by atoms with van der Waals surface area (Å²) in [6.45, 7) is 2.15. The Labute approximate surface area is 95.1 Å². The second-order valence-electron chi connectivity index (χ2n) is 3.89. The Kier molecular flexibility index (Phi) is 4.76. The van der Waals surface area contributed by atoms with Gasteiger partial charge in [0.25, 0.3) is 0 Å². The van der Waals surface area contributed by atoms with Crippen LogP contribution < -0.4 is 0 Å². The minimum Gasteiger partial charge on any atom is -0.502 e. The summed E-state index contributed by atoms with van der Waals surface area (Å²) in [7, 11) is 0. The first kappa shape index (κ1) is 12.5. The van der Waals surface area contributed by atoms with Crippen LogP contribution in [0.15, 0.2) is 18.2 Å². The summed E-state index contributed by atoms with van der Waals surface area (Å²) in [5, 5.41) is 19.9. The zero-order valence-electron chi connectivity index (χ0n) is 9.48. The van der Waals surface area contributed by atoms with Crippen molar-refractivity contribution in [1.29, 1.82) is 0 Å². The van der Waals surface area contributed by atoms with Crippen LogP contribution >= 0.6 is 0 Å². The lowest BCUT2D eigenvalue weighted by molar-refractivity contribution is -0.385. The van der Waals surface area contributed by atoms with E-state index in [-0.39, 0.29) is 11.4 Å². The Morgan fingerprint density at radius 2 is 2.06 bits per heavy atom. The van der Waals surface area contributed by atoms with Gasteiger partial charge in [-0.15, -0.1) is 0 Å². The van der Waals surface area contributed by atoms with Crippen molar-refractivity contribution in [1.82, 2.24) is 0 Å². The van der Waals surface area contributed by atoms with E-state index in [1.807, 2.05) is 0 Å². The molecule has 0 bridgehead atoms. The monoisotopic (exact) mass is 223 g/mol. The third-order valence-corrected chi connectivity index (χ3v) is 2.56. The number of unbranched alkanes of at least 4 members (excludes halogenated alkanes) is 3. The van der Waals surface area contributed by atoms with E-state index in [0.29, 0.717) is 0 Å². The zero-order valence-corrected chi connectivity index (χ0v) is 9.48. The molecule has 0 aliphatic heterocycles. The summed E-state index contributed by atoms with van der Waals surface area (Å²) in [6.07, 6.45) is 5.48. The molecule has 1 N–H and O–H groups in total. The van der Waals surface area contributed by atoms with Crippen molar-refractivity contribution >= 4 is 5.69 Å². The summed E-state index contributed by atoms with van der Waals surface area (Å²) < 4.78 is 0. The van der Waals surface area contributed by atoms with Crippen LogP contribution in [0.25, 0.3) is 0 Å². The van der Waals surface area contributed by atoms with E-state index in [4.69, 9.17) is 0 Å². The fourth-order valence-corrected chi connectivity index (χ4v) is 1.63. The molecule has 1 aromatic rings. The molecule has 0 radical (unpaired) electrons. The molecule has 0 aliphatic carbocycles. The normalized spacial score (nSPS) is 10.3. The number of aromatic hydroxyl groups is 1. The van der Waals surface area contributed by atoms with Crippen LogP contribution in [0.5, 0.6) is 5.75 Å². The highest BCUT2D eigenvalue weighted by Crippen LogP contribution is 2.26. The molecular formula is C12H17NO3. The molecule has 0 aromatic heterocycles. The molecule has 1 aromatic carbocycles. The number of nitro groups is 1. The second kappa shape index (κ2) is 6.10. The van der Waals surface area contributed by atoms with E-state index < -0.39 is 4.92 Å². The van der Waals surface area contributed by atoms with Crippen molar-refractivity contribution in [3.63, 3.8) is 0 Å². The lowest BCUT2D eigenvalue weighted by Crippen LogP contribution is -1.91. The maximum Gasteiger partial charge on any atom is 0.310 e. The van der Waals surface area contributed by atoms with Crippen molar-refractivity contribution < 1.29 is 10.0 Å². The number of nitro benzene ring substituents is 1. The first-order valence-corrected chi connectivity index (χ1v) is 5.61. The first-order valence-electron chi connectivity index (χ1n) is 5.61. The van der Waals surface area contributed by atoms with Crippen LogP contribution in [-0.2, 0) is 6.42 Å². The van der Waals surface area contributed by atoms with E-state index in [2.05, 4.69) is 6.92 Å². The number of rotatable bonds is 6. The summed E-state index contributed by atoms with van der Waals surface area (Å²) in [6, 6.07) is 4.57. The number of hydrogen-bond donors (Lipinski definition) is 1. The van der Waals surface area contributed by atoms with E-state index in [1.165, 1.54) is 25.0 Å². The van der Waals surface area contributed by atoms with Crippen LogP contribution in [0, 0.1) is 10.1 Å². The Morgan fingerprint density at radius 3 is 2.62 bits per heavy atom. The van der Waals surface area contributed by atoms with Crippen LogP contribution in [0.4, 0.5) is 5.69 Å². The maximum absolute atomic E-state index is 10.5. The minimum atomic E-state index is -0.573. The zero-order chi connectivity index (χ0) is 12.0. The molecule has 0 amide bonds. The van der Waals surface area contributed by atoms with Crippen molar-refractivity contribution in [2.24, 2.45) is 0 Å². The van der Waals surface area contributed by atoms with Gasteiger partial charge in [0.05, 0.1) is 4.92 Å². The van der Waals surface area contributed by atoms with Crippen molar-refractivity contribution in [2.45, 2.75) is 39.0 Å². The van der Waals surface area contributed by atoms with Gasteiger partial charge in [0.1, 0.15) is 0 Å². The van der Waals surface area contributed by atoms with Crippen LogP contribution in [0.2, 0.25) is 0 Å². The van der Waals surface area contributed by atoms with Gasteiger partial charge in [-0.05, 0) is 24.5 Å². The fourth-order valence-electron chi connectivity index (χ4n) is 1.63. The molecule has 0 saturated heterocycles. The highest BCUT2D eigenvalue weighted by molar-refractivity contribution is 5.47. The molecular weight excluding hydrogens is 206 g/mol. The van der Waals surface area contributed by atoms with Gasteiger partial charge in [0.2, 0.25) is 0 Å². The van der Waals surface area contributed by atoms with Crippen LogP contribution in [0.1, 0.15) is 38.2 Å². The smallest absolute Gasteiger partial charge is 0.310 e. The van der Waals surface area contributed by atoms with Crippen molar-refractivity contribution in [2.75, 3.05) is 0 Å². The van der Waals surface area contributed by atoms with Gasteiger partial charge in [-0.25, -0.2) is 0 Å². The van der Waals surface area contributed by atoms with Crippen LogP contribution in [0.3, 0.4) is 0 Å². The SMILES string of the molecule is CCCCCCc1ccc([N+](=O)[O-])c(O)c1. The Hall–Kier alpha value is -1.58. The molecule has 4 nitrogen and oxygen atoms in total. The molecule has 88 valence electrons. The molecule has 0 spiro atoms. The summed E-state index contributed by atoms with van der Waals surface area (Å²) >= 11 is 0. The molecule has 4 heteroatoms. The van der Waals surface area contributed by atoms with E-state index >= 15 is 0 Å². The average molecular weight is 223 g/mol. The number of aryl methyl sites for hydroxylation is 1. The number of phenolic OH excluding ortho intramolecular Hbond substituents is 1. The van der Waals surface area contributed by atoms with E-state index in [9.17, 15) is 15.2 Å². The molecule has 16 heavy (non-hydrogen) atoms. The third kappa shape index (κ3) is 3.53. The third-order valence-electron chi connectivity index (χ3n) is 2.56. The summed E-state index contributed by atoms with van der Waals surface area (Å²) in [5.74, 6) is -0.238. The van der Waals surface area contributed by atoms with Gasteiger partial charge in [0.15, 0.2) is 5.75 Å². The van der Waals surface area contributed by atoms with Gasteiger partial charge >= 0.3 is 5.69 Å². The second-order valence-corrected chi connectivity index (χ2v) is 3.89. The van der Waals surface area contributed by atoms with Gasteiger partial charge in [-0.2, -0.15) is 0 Å². The lowest BCUT2D eigenvalue weighted by Gasteiger charge is -2.02. The number of hydrogen-bond acceptors (Lipinski definition) is 3. The van der Waals surface area contributed by atoms with Gasteiger partial charge in [-0.3, -0.25) is 10.1 Å². The molecule has 0 aliphatic rings. The molecule has 0 heterocycles. The van der Waals surface area contributed by atoms with Crippen LogP contribution in [-0.4, -0.2) is 10.0 Å². The Balaban J connectivity index is 2.56. The number of nitrogens with zero attached hydrogens (tertiary/aromatic N) is 1. The number of benzene rings is 1. The average Bonchev–Trinajstić information content (AvgIpc) is 2.24.